The smallest absolute Gasteiger partial charge is 0.303 e. The Kier molecular flexibility index (Phi) is 9.72. The molecule has 1 aliphatic carbocycles. The molecule has 6 rings (SSSR count). The summed E-state index contributed by atoms with van der Waals surface area (Å²) >= 11 is 0. The molecule has 1 aliphatic rings. The molecule has 0 radical (unpaired) electrons. The molecule has 0 N–H and O–H groups in total. The summed E-state index contributed by atoms with van der Waals surface area (Å²) < 4.78 is 12.2. The number of carbonyl (C=O) groups is 2. The van der Waals surface area contributed by atoms with Crippen molar-refractivity contribution in [3.8, 4) is 0 Å². The van der Waals surface area contributed by atoms with Crippen LogP contribution in [0.3, 0.4) is 0 Å². The van der Waals surface area contributed by atoms with Crippen LogP contribution < -0.4 is 9.80 Å². The quantitative estimate of drug-likeness (QED) is 0.119. The molecule has 0 aromatic heterocycles. The number of esters is 2. The minimum absolute atomic E-state index is 0.358. The van der Waals surface area contributed by atoms with Gasteiger partial charge in [-0.05, 0) is 91.2 Å². The summed E-state index contributed by atoms with van der Waals surface area (Å²) in [5.74, 6) is -1.24. The van der Waals surface area contributed by atoms with Gasteiger partial charge >= 0.3 is 11.9 Å². The van der Waals surface area contributed by atoms with Gasteiger partial charge in [-0.2, -0.15) is 0 Å². The zero-order chi connectivity index (χ0) is 33.6. The van der Waals surface area contributed by atoms with Crippen LogP contribution in [0, 0.1) is 13.8 Å². The third-order valence-electron chi connectivity index (χ3n) is 8.56. The van der Waals surface area contributed by atoms with Crippen molar-refractivity contribution in [2.45, 2.75) is 51.9 Å². The highest BCUT2D eigenvalue weighted by atomic mass is 16.6. The first kappa shape index (κ1) is 32.3. The average molecular weight is 637 g/mol. The molecule has 0 spiro atoms. The van der Waals surface area contributed by atoms with E-state index in [2.05, 4.69) is 95.6 Å². The van der Waals surface area contributed by atoms with Gasteiger partial charge in [-0.3, -0.25) is 9.59 Å². The van der Waals surface area contributed by atoms with Gasteiger partial charge in [0.15, 0.2) is 12.2 Å². The third kappa shape index (κ3) is 7.18. The number of benzene rings is 5. The lowest BCUT2D eigenvalue weighted by Gasteiger charge is -2.43. The second kappa shape index (κ2) is 14.4. The monoisotopic (exact) mass is 636 g/mol. The molecule has 0 amide bonds. The van der Waals surface area contributed by atoms with Gasteiger partial charge in [0.25, 0.3) is 0 Å². The summed E-state index contributed by atoms with van der Waals surface area (Å²) in [6.07, 6.45) is 2.58. The van der Waals surface area contributed by atoms with E-state index in [0.29, 0.717) is 0 Å². The number of hydrogen-bond acceptors (Lipinski definition) is 6. The maximum atomic E-state index is 12.7. The van der Waals surface area contributed by atoms with Crippen molar-refractivity contribution in [1.29, 1.82) is 0 Å². The Hall–Kier alpha value is -5.62. The number of hydrogen-bond donors (Lipinski definition) is 0. The lowest BCUT2D eigenvalue weighted by atomic mass is 9.81. The maximum absolute atomic E-state index is 12.7. The summed E-state index contributed by atoms with van der Waals surface area (Å²) in [6.45, 7) is 6.93. The second-order valence-corrected chi connectivity index (χ2v) is 12.2. The number of rotatable bonds is 9. The minimum Gasteiger partial charge on any atom is -0.458 e. The molecule has 4 unspecified atom stereocenters. The molecule has 5 aromatic carbocycles. The summed E-state index contributed by atoms with van der Waals surface area (Å²) in [4.78, 5) is 29.7. The zero-order valence-electron chi connectivity index (χ0n) is 27.7. The van der Waals surface area contributed by atoms with Gasteiger partial charge in [-0.15, -0.1) is 0 Å². The minimum atomic E-state index is -0.796. The number of para-hydroxylation sites is 2. The summed E-state index contributed by atoms with van der Waals surface area (Å²) in [6, 6.07) is 44.7. The van der Waals surface area contributed by atoms with Crippen LogP contribution in [0.2, 0.25) is 0 Å². The Labute approximate surface area is 282 Å². The number of nitrogens with zero attached hydrogens (tertiary/aromatic N) is 2. The van der Waals surface area contributed by atoms with Crippen LogP contribution in [0.15, 0.2) is 146 Å². The van der Waals surface area contributed by atoms with E-state index < -0.39 is 30.2 Å². The molecule has 4 atom stereocenters. The zero-order valence-corrected chi connectivity index (χ0v) is 27.7. The highest BCUT2D eigenvalue weighted by Gasteiger charge is 2.44. The average Bonchev–Trinajstić information content (AvgIpc) is 3.07. The van der Waals surface area contributed by atoms with Crippen molar-refractivity contribution in [3.63, 3.8) is 0 Å². The Morgan fingerprint density at radius 3 is 1.60 bits per heavy atom. The first-order valence-electron chi connectivity index (χ1n) is 16.2. The molecule has 5 aromatic rings. The summed E-state index contributed by atoms with van der Waals surface area (Å²) in [5, 5.41) is 0. The van der Waals surface area contributed by atoms with E-state index in [0.717, 1.165) is 39.6 Å². The Balaban J connectivity index is 1.42. The Bertz CT molecular complexity index is 1890. The molecule has 0 bridgehead atoms. The second-order valence-electron chi connectivity index (χ2n) is 12.2. The normalized spacial score (nSPS) is 18.5. The van der Waals surface area contributed by atoms with Crippen LogP contribution in [-0.4, -0.2) is 30.2 Å². The molecule has 0 heterocycles. The third-order valence-corrected chi connectivity index (χ3v) is 8.56. The van der Waals surface area contributed by atoms with E-state index in [1.54, 1.807) is 0 Å². The predicted molar refractivity (Wildman–Crippen MR) is 192 cm³/mol. The van der Waals surface area contributed by atoms with Crippen LogP contribution in [0.1, 0.15) is 36.5 Å². The van der Waals surface area contributed by atoms with Gasteiger partial charge in [0, 0.05) is 48.2 Å². The summed E-state index contributed by atoms with van der Waals surface area (Å²) in [7, 11) is 0. The highest BCUT2D eigenvalue weighted by molar-refractivity contribution is 5.77. The van der Waals surface area contributed by atoms with Crippen molar-refractivity contribution >= 4 is 40.4 Å². The van der Waals surface area contributed by atoms with Gasteiger partial charge < -0.3 is 19.3 Å². The van der Waals surface area contributed by atoms with Crippen molar-refractivity contribution < 1.29 is 19.1 Å². The molecular formula is C42H40N2O4. The number of ether oxygens (including phenoxy) is 2. The van der Waals surface area contributed by atoms with Crippen LogP contribution in [0.5, 0.6) is 0 Å². The van der Waals surface area contributed by atoms with E-state index >= 15 is 0 Å². The molecule has 6 heteroatoms. The molecular weight excluding hydrogens is 596 g/mol. The molecule has 242 valence electrons. The highest BCUT2D eigenvalue weighted by Crippen LogP contribution is 2.41. The first-order chi connectivity index (χ1) is 23.3. The van der Waals surface area contributed by atoms with Crippen molar-refractivity contribution in [1.82, 2.24) is 0 Å². The number of carbonyl (C=O) groups excluding carboxylic acids is 2. The van der Waals surface area contributed by atoms with E-state index in [9.17, 15) is 9.59 Å². The molecule has 6 nitrogen and oxygen atoms in total. The first-order valence-corrected chi connectivity index (χ1v) is 16.2. The van der Waals surface area contributed by atoms with Crippen LogP contribution in [0.4, 0.5) is 28.4 Å². The van der Waals surface area contributed by atoms with Gasteiger partial charge in [0.05, 0.1) is 6.04 Å². The Morgan fingerprint density at radius 1 is 0.521 bits per heavy atom. The van der Waals surface area contributed by atoms with Crippen molar-refractivity contribution in [2.24, 2.45) is 0 Å². The number of aryl methyl sites for hydroxylation is 2. The SMILES string of the molecule is CC(=O)OC1C(c2ccc(N(c3ccccc3)c3cccc(C)c3)cc2)C=CC(N(c2ccccc2)c2cccc(C)c2)C1OC(C)=O. The van der Waals surface area contributed by atoms with Crippen LogP contribution >= 0.6 is 0 Å². The molecule has 0 saturated carbocycles. The van der Waals surface area contributed by atoms with E-state index in [4.69, 9.17) is 9.47 Å². The lowest BCUT2D eigenvalue weighted by molar-refractivity contribution is -0.167. The summed E-state index contributed by atoms with van der Waals surface area (Å²) in [5.41, 5.74) is 8.16. The predicted octanol–water partition coefficient (Wildman–Crippen LogP) is 9.50. The fourth-order valence-corrected chi connectivity index (χ4v) is 6.54. The maximum Gasteiger partial charge on any atom is 0.303 e. The number of anilines is 5. The fourth-order valence-electron chi connectivity index (χ4n) is 6.54. The van der Waals surface area contributed by atoms with Gasteiger partial charge in [0.2, 0.25) is 0 Å². The standard InChI is InChI=1S/C42H40N2O4/c1-29-13-11-19-37(27-29)43(34-15-7-5-8-16-34)36-23-21-33(22-24-36)39-25-26-40(42(48-32(4)46)41(39)47-31(3)45)44(35-17-9-6-10-18-35)38-20-12-14-30(2)28-38/h5-28,39-42H,1-4H3. The van der Waals surface area contributed by atoms with E-state index in [-0.39, 0.29) is 5.92 Å². The van der Waals surface area contributed by atoms with E-state index in [1.165, 1.54) is 19.4 Å². The Morgan fingerprint density at radius 2 is 1.02 bits per heavy atom. The van der Waals surface area contributed by atoms with Crippen LogP contribution in [-0.2, 0) is 19.1 Å². The molecule has 48 heavy (non-hydrogen) atoms. The molecule has 0 aliphatic heterocycles. The topological polar surface area (TPSA) is 59.1 Å². The van der Waals surface area contributed by atoms with Gasteiger partial charge in [-0.1, -0.05) is 84.9 Å². The van der Waals surface area contributed by atoms with Crippen molar-refractivity contribution in [2.75, 3.05) is 9.80 Å². The van der Waals surface area contributed by atoms with Gasteiger partial charge in [0.1, 0.15) is 0 Å². The molecule has 0 saturated heterocycles. The lowest BCUT2D eigenvalue weighted by Crippen LogP contribution is -2.53. The van der Waals surface area contributed by atoms with Crippen LogP contribution in [0.25, 0.3) is 0 Å². The fraction of sp³-hybridized carbons (Fsp3) is 0.190. The van der Waals surface area contributed by atoms with Crippen molar-refractivity contribution in [3.05, 3.63) is 162 Å². The van der Waals surface area contributed by atoms with Gasteiger partial charge in [-0.25, -0.2) is 0 Å². The molecule has 0 fully saturated rings. The largest absolute Gasteiger partial charge is 0.458 e. The van der Waals surface area contributed by atoms with E-state index in [1.807, 2.05) is 73.7 Å².